The van der Waals surface area contributed by atoms with Crippen molar-refractivity contribution in [2.24, 2.45) is 0 Å². The van der Waals surface area contributed by atoms with Gasteiger partial charge in [-0.1, -0.05) is 43.3 Å². The SMILES string of the molecule is CCc1cnccc1C=C(C)c1ccccc1. The monoisotopic (exact) mass is 223 g/mol. The first kappa shape index (κ1) is 11.6. The highest BCUT2D eigenvalue weighted by atomic mass is 14.6. The Morgan fingerprint density at radius 3 is 2.65 bits per heavy atom. The molecule has 1 heterocycles. The molecular formula is C16H17N. The normalized spacial score (nSPS) is 11.5. The van der Waals surface area contributed by atoms with E-state index in [1.165, 1.54) is 22.3 Å². The Bertz CT molecular complexity index is 512. The number of aryl methyl sites for hydroxylation is 1. The van der Waals surface area contributed by atoms with E-state index in [4.69, 9.17) is 0 Å². The van der Waals surface area contributed by atoms with Crippen LogP contribution in [0.15, 0.2) is 48.8 Å². The number of hydrogen-bond acceptors (Lipinski definition) is 1. The van der Waals surface area contributed by atoms with Crippen molar-refractivity contribution in [2.75, 3.05) is 0 Å². The van der Waals surface area contributed by atoms with Crippen LogP contribution in [-0.4, -0.2) is 4.98 Å². The van der Waals surface area contributed by atoms with Crippen molar-refractivity contribution in [3.05, 3.63) is 65.5 Å². The van der Waals surface area contributed by atoms with Gasteiger partial charge < -0.3 is 0 Å². The molecule has 2 aromatic rings. The van der Waals surface area contributed by atoms with Crippen LogP contribution in [0.2, 0.25) is 0 Å². The summed E-state index contributed by atoms with van der Waals surface area (Å²) in [5.74, 6) is 0. The maximum atomic E-state index is 4.17. The Balaban J connectivity index is 2.36. The van der Waals surface area contributed by atoms with E-state index in [-0.39, 0.29) is 0 Å². The average Bonchev–Trinajstić information content (AvgIpc) is 2.40. The Labute approximate surface area is 103 Å². The van der Waals surface area contributed by atoms with E-state index >= 15 is 0 Å². The minimum atomic E-state index is 1.02. The number of benzene rings is 1. The lowest BCUT2D eigenvalue weighted by Crippen LogP contribution is -1.88. The molecule has 1 heteroatoms. The third-order valence-electron chi connectivity index (χ3n) is 2.92. The summed E-state index contributed by atoms with van der Waals surface area (Å²) in [6.07, 6.45) is 7.05. The zero-order chi connectivity index (χ0) is 12.1. The quantitative estimate of drug-likeness (QED) is 0.759. The van der Waals surface area contributed by atoms with Crippen molar-refractivity contribution in [3.63, 3.8) is 0 Å². The molecule has 0 saturated carbocycles. The van der Waals surface area contributed by atoms with Gasteiger partial charge in [-0.25, -0.2) is 0 Å². The lowest BCUT2D eigenvalue weighted by Gasteiger charge is -2.05. The molecule has 0 aliphatic rings. The summed E-state index contributed by atoms with van der Waals surface area (Å²) in [7, 11) is 0. The highest BCUT2D eigenvalue weighted by Crippen LogP contribution is 2.19. The van der Waals surface area contributed by atoms with Crippen LogP contribution in [0.1, 0.15) is 30.5 Å². The number of hydrogen-bond donors (Lipinski definition) is 0. The molecule has 1 nitrogen and oxygen atoms in total. The van der Waals surface area contributed by atoms with Crippen molar-refractivity contribution < 1.29 is 0 Å². The van der Waals surface area contributed by atoms with Crippen LogP contribution in [0.4, 0.5) is 0 Å². The lowest BCUT2D eigenvalue weighted by atomic mass is 10.0. The van der Waals surface area contributed by atoms with Gasteiger partial charge in [-0.05, 0) is 41.7 Å². The smallest absolute Gasteiger partial charge is 0.0305 e. The van der Waals surface area contributed by atoms with Crippen LogP contribution in [0, 0.1) is 0 Å². The molecule has 0 spiro atoms. The molecule has 0 unspecified atom stereocenters. The van der Waals surface area contributed by atoms with Crippen LogP contribution < -0.4 is 0 Å². The lowest BCUT2D eigenvalue weighted by molar-refractivity contribution is 1.10. The van der Waals surface area contributed by atoms with Gasteiger partial charge in [-0.3, -0.25) is 4.98 Å². The number of pyridine rings is 1. The summed E-state index contributed by atoms with van der Waals surface area (Å²) in [6, 6.07) is 12.5. The highest BCUT2D eigenvalue weighted by Gasteiger charge is 1.99. The van der Waals surface area contributed by atoms with Crippen LogP contribution in [0.3, 0.4) is 0 Å². The maximum absolute atomic E-state index is 4.17. The van der Waals surface area contributed by atoms with Gasteiger partial charge >= 0.3 is 0 Å². The van der Waals surface area contributed by atoms with Crippen molar-refractivity contribution in [1.29, 1.82) is 0 Å². The summed E-state index contributed by atoms with van der Waals surface area (Å²) in [4.78, 5) is 4.17. The van der Waals surface area contributed by atoms with Gasteiger partial charge in [0.15, 0.2) is 0 Å². The molecule has 0 fully saturated rings. The van der Waals surface area contributed by atoms with Gasteiger partial charge in [0, 0.05) is 12.4 Å². The van der Waals surface area contributed by atoms with Crippen molar-refractivity contribution in [3.8, 4) is 0 Å². The first-order valence-corrected chi connectivity index (χ1v) is 5.98. The molecule has 0 aliphatic carbocycles. The Hall–Kier alpha value is -1.89. The number of nitrogens with zero attached hydrogens (tertiary/aromatic N) is 1. The van der Waals surface area contributed by atoms with Crippen LogP contribution >= 0.6 is 0 Å². The Morgan fingerprint density at radius 2 is 1.94 bits per heavy atom. The minimum absolute atomic E-state index is 1.02. The molecule has 0 aliphatic heterocycles. The van der Waals surface area contributed by atoms with E-state index in [1.807, 2.05) is 18.5 Å². The van der Waals surface area contributed by atoms with E-state index in [2.05, 4.69) is 55.2 Å². The van der Waals surface area contributed by atoms with Crippen LogP contribution in [0.25, 0.3) is 11.6 Å². The average molecular weight is 223 g/mol. The molecule has 0 bridgehead atoms. The number of rotatable bonds is 3. The minimum Gasteiger partial charge on any atom is -0.264 e. The van der Waals surface area contributed by atoms with Gasteiger partial charge in [-0.2, -0.15) is 0 Å². The third kappa shape index (κ3) is 2.82. The number of allylic oxidation sites excluding steroid dienone is 1. The van der Waals surface area contributed by atoms with Gasteiger partial charge in [0.2, 0.25) is 0 Å². The molecular weight excluding hydrogens is 206 g/mol. The van der Waals surface area contributed by atoms with Gasteiger partial charge in [0.1, 0.15) is 0 Å². The van der Waals surface area contributed by atoms with E-state index < -0.39 is 0 Å². The topological polar surface area (TPSA) is 12.9 Å². The summed E-state index contributed by atoms with van der Waals surface area (Å²) >= 11 is 0. The van der Waals surface area contributed by atoms with Gasteiger partial charge in [0.25, 0.3) is 0 Å². The van der Waals surface area contributed by atoms with Crippen LogP contribution in [-0.2, 0) is 6.42 Å². The second-order valence-electron chi connectivity index (χ2n) is 4.12. The van der Waals surface area contributed by atoms with E-state index in [0.29, 0.717) is 0 Å². The second kappa shape index (κ2) is 5.44. The molecule has 0 atom stereocenters. The summed E-state index contributed by atoms with van der Waals surface area (Å²) < 4.78 is 0. The number of aromatic nitrogens is 1. The predicted molar refractivity (Wildman–Crippen MR) is 73.6 cm³/mol. The second-order valence-corrected chi connectivity index (χ2v) is 4.12. The molecule has 0 N–H and O–H groups in total. The molecule has 86 valence electrons. The van der Waals surface area contributed by atoms with Crippen molar-refractivity contribution in [1.82, 2.24) is 4.98 Å². The van der Waals surface area contributed by atoms with E-state index in [0.717, 1.165) is 6.42 Å². The molecule has 2 rings (SSSR count). The van der Waals surface area contributed by atoms with Crippen molar-refractivity contribution in [2.45, 2.75) is 20.3 Å². The molecule has 0 saturated heterocycles. The molecule has 1 aromatic heterocycles. The predicted octanol–water partition coefficient (Wildman–Crippen LogP) is 4.20. The Kier molecular flexibility index (Phi) is 3.71. The first-order valence-electron chi connectivity index (χ1n) is 5.98. The summed E-state index contributed by atoms with van der Waals surface area (Å²) in [6.45, 7) is 4.31. The molecule has 17 heavy (non-hydrogen) atoms. The first-order chi connectivity index (χ1) is 8.31. The fraction of sp³-hybridized carbons (Fsp3) is 0.188. The largest absolute Gasteiger partial charge is 0.264 e. The van der Waals surface area contributed by atoms with E-state index in [1.54, 1.807) is 0 Å². The zero-order valence-electron chi connectivity index (χ0n) is 10.4. The zero-order valence-corrected chi connectivity index (χ0v) is 10.4. The molecule has 1 aromatic carbocycles. The highest BCUT2D eigenvalue weighted by molar-refractivity contribution is 5.80. The fourth-order valence-electron chi connectivity index (χ4n) is 1.89. The fourth-order valence-corrected chi connectivity index (χ4v) is 1.89. The third-order valence-corrected chi connectivity index (χ3v) is 2.92. The standard InChI is InChI=1S/C16H17N/c1-3-14-12-17-10-9-16(14)11-13(2)15-7-5-4-6-8-15/h4-12H,3H2,1-2H3. The molecule has 0 amide bonds. The summed E-state index contributed by atoms with van der Waals surface area (Å²) in [5.41, 5.74) is 5.12. The van der Waals surface area contributed by atoms with Crippen LogP contribution in [0.5, 0.6) is 0 Å². The van der Waals surface area contributed by atoms with Crippen molar-refractivity contribution >= 4 is 11.6 Å². The Morgan fingerprint density at radius 1 is 1.18 bits per heavy atom. The van der Waals surface area contributed by atoms with E-state index in [9.17, 15) is 0 Å². The molecule has 0 radical (unpaired) electrons. The van der Waals surface area contributed by atoms with Gasteiger partial charge in [-0.15, -0.1) is 0 Å². The maximum Gasteiger partial charge on any atom is 0.0305 e. The summed E-state index contributed by atoms with van der Waals surface area (Å²) in [5, 5.41) is 0. The van der Waals surface area contributed by atoms with Gasteiger partial charge in [0.05, 0.1) is 0 Å².